The molecule has 9 heteroatoms. The standard InChI is InChI=1S/C21H18Cl2FN3O2S/c22-13-5-6-14-17(11-13)30-20(19(14)23)21(29)27-9-7-26(8-10-27)12-18(28)25-16-4-2-1-3-15(16)24/h1-6,11H,7-10,12H2,(H,25,28). The Hall–Kier alpha value is -2.19. The van der Waals surface area contributed by atoms with Crippen LogP contribution in [0, 0.1) is 5.82 Å². The zero-order chi connectivity index (χ0) is 21.3. The molecule has 1 saturated heterocycles. The van der Waals surface area contributed by atoms with Crippen LogP contribution in [0.25, 0.3) is 10.1 Å². The van der Waals surface area contributed by atoms with E-state index in [0.717, 1.165) is 10.1 Å². The molecule has 5 nitrogen and oxygen atoms in total. The van der Waals surface area contributed by atoms with Crippen LogP contribution in [0.3, 0.4) is 0 Å². The zero-order valence-electron chi connectivity index (χ0n) is 15.8. The van der Waals surface area contributed by atoms with Crippen LogP contribution < -0.4 is 5.32 Å². The lowest BCUT2D eigenvalue weighted by molar-refractivity contribution is -0.117. The van der Waals surface area contributed by atoms with Crippen LogP contribution in [0.1, 0.15) is 9.67 Å². The number of piperazine rings is 1. The summed E-state index contributed by atoms with van der Waals surface area (Å²) in [5.41, 5.74) is 0.163. The van der Waals surface area contributed by atoms with Crippen LogP contribution in [0.4, 0.5) is 10.1 Å². The second-order valence-corrected chi connectivity index (χ2v) is 8.85. The lowest BCUT2D eigenvalue weighted by atomic mass is 10.2. The highest BCUT2D eigenvalue weighted by atomic mass is 35.5. The van der Waals surface area contributed by atoms with E-state index in [4.69, 9.17) is 23.2 Å². The Labute approximate surface area is 187 Å². The third kappa shape index (κ3) is 4.44. The first-order valence-electron chi connectivity index (χ1n) is 9.36. The van der Waals surface area contributed by atoms with Gasteiger partial charge < -0.3 is 10.2 Å². The molecule has 0 bridgehead atoms. The van der Waals surface area contributed by atoms with Crippen molar-refractivity contribution in [1.82, 2.24) is 9.80 Å². The molecule has 0 saturated carbocycles. The number of carbonyl (C=O) groups is 2. The number of para-hydroxylation sites is 1. The van der Waals surface area contributed by atoms with Crippen molar-refractivity contribution in [1.29, 1.82) is 0 Å². The Kier molecular flexibility index (Phi) is 6.24. The number of nitrogens with one attached hydrogen (secondary N) is 1. The van der Waals surface area contributed by atoms with Gasteiger partial charge in [-0.1, -0.05) is 41.4 Å². The second kappa shape index (κ2) is 8.89. The van der Waals surface area contributed by atoms with E-state index in [1.54, 1.807) is 29.2 Å². The summed E-state index contributed by atoms with van der Waals surface area (Å²) in [6.07, 6.45) is 0. The fourth-order valence-electron chi connectivity index (χ4n) is 3.38. The predicted molar refractivity (Wildman–Crippen MR) is 119 cm³/mol. The van der Waals surface area contributed by atoms with Crippen molar-refractivity contribution in [3.05, 3.63) is 63.2 Å². The van der Waals surface area contributed by atoms with Gasteiger partial charge >= 0.3 is 0 Å². The normalized spacial score (nSPS) is 14.8. The number of rotatable bonds is 4. The Bertz CT molecular complexity index is 1110. The average Bonchev–Trinajstić information content (AvgIpc) is 3.05. The van der Waals surface area contributed by atoms with Crippen LogP contribution in [0.15, 0.2) is 42.5 Å². The maximum atomic E-state index is 13.7. The highest BCUT2D eigenvalue weighted by molar-refractivity contribution is 7.21. The van der Waals surface area contributed by atoms with E-state index in [1.807, 2.05) is 11.0 Å². The van der Waals surface area contributed by atoms with Gasteiger partial charge in [0.15, 0.2) is 0 Å². The smallest absolute Gasteiger partial charge is 0.265 e. The number of hydrogen-bond acceptors (Lipinski definition) is 4. The Morgan fingerprint density at radius 2 is 1.80 bits per heavy atom. The third-order valence-electron chi connectivity index (χ3n) is 4.96. The number of benzene rings is 2. The summed E-state index contributed by atoms with van der Waals surface area (Å²) in [5.74, 6) is -0.875. The predicted octanol–water partition coefficient (Wildman–Crippen LogP) is 4.74. The first-order chi connectivity index (χ1) is 14.4. The average molecular weight is 466 g/mol. The van der Waals surface area contributed by atoms with Gasteiger partial charge in [0.05, 0.1) is 17.3 Å². The lowest BCUT2D eigenvalue weighted by Crippen LogP contribution is -2.50. The topological polar surface area (TPSA) is 52.7 Å². The van der Waals surface area contributed by atoms with Gasteiger partial charge in [0.25, 0.3) is 5.91 Å². The molecule has 0 spiro atoms. The van der Waals surface area contributed by atoms with Crippen molar-refractivity contribution < 1.29 is 14.0 Å². The number of hydrogen-bond donors (Lipinski definition) is 1. The molecule has 1 N–H and O–H groups in total. The van der Waals surface area contributed by atoms with Crippen LogP contribution in [-0.4, -0.2) is 54.3 Å². The molecule has 2 aromatic carbocycles. The summed E-state index contributed by atoms with van der Waals surface area (Å²) in [4.78, 5) is 29.4. The monoisotopic (exact) mass is 465 g/mol. The maximum Gasteiger partial charge on any atom is 0.265 e. The Balaban J connectivity index is 1.35. The summed E-state index contributed by atoms with van der Waals surface area (Å²) in [6, 6.07) is 11.4. The van der Waals surface area contributed by atoms with Crippen molar-refractivity contribution >= 4 is 62.1 Å². The van der Waals surface area contributed by atoms with Crippen molar-refractivity contribution in [3.63, 3.8) is 0 Å². The molecule has 1 aliphatic heterocycles. The number of anilines is 1. The van der Waals surface area contributed by atoms with Gasteiger partial charge in [-0.3, -0.25) is 14.5 Å². The fourth-order valence-corrected chi connectivity index (χ4v) is 5.14. The minimum Gasteiger partial charge on any atom is -0.335 e. The molecular formula is C21H18Cl2FN3O2S. The highest BCUT2D eigenvalue weighted by Gasteiger charge is 2.27. The van der Waals surface area contributed by atoms with E-state index in [2.05, 4.69) is 5.32 Å². The molecule has 156 valence electrons. The Morgan fingerprint density at radius 1 is 1.07 bits per heavy atom. The number of halogens is 3. The molecule has 1 aromatic heterocycles. The van der Waals surface area contributed by atoms with Crippen LogP contribution >= 0.6 is 34.5 Å². The molecule has 0 aliphatic carbocycles. The molecule has 1 fully saturated rings. The third-order valence-corrected chi connectivity index (χ3v) is 6.84. The summed E-state index contributed by atoms with van der Waals surface area (Å²) in [5, 5.41) is 4.45. The largest absolute Gasteiger partial charge is 0.335 e. The lowest BCUT2D eigenvalue weighted by Gasteiger charge is -2.34. The van der Waals surface area contributed by atoms with Gasteiger partial charge in [0.2, 0.25) is 5.91 Å². The number of thiophene rings is 1. The first kappa shape index (κ1) is 21.1. The number of nitrogens with zero attached hydrogens (tertiary/aromatic N) is 2. The molecule has 0 unspecified atom stereocenters. The summed E-state index contributed by atoms with van der Waals surface area (Å²) >= 11 is 13.8. The van der Waals surface area contributed by atoms with Gasteiger partial charge in [-0.05, 0) is 24.3 Å². The van der Waals surface area contributed by atoms with Crippen LogP contribution in [-0.2, 0) is 4.79 Å². The molecule has 4 rings (SSSR count). The minimum absolute atomic E-state index is 0.118. The second-order valence-electron chi connectivity index (χ2n) is 6.98. The molecule has 2 heterocycles. The summed E-state index contributed by atoms with van der Waals surface area (Å²) < 4.78 is 14.5. The molecule has 2 amide bonds. The van der Waals surface area contributed by atoms with Gasteiger partial charge in [-0.15, -0.1) is 11.3 Å². The molecule has 0 atom stereocenters. The van der Waals surface area contributed by atoms with E-state index in [0.29, 0.717) is 41.1 Å². The number of carbonyl (C=O) groups excluding carboxylic acids is 2. The SMILES string of the molecule is O=C(CN1CCN(C(=O)c2sc3cc(Cl)ccc3c2Cl)CC1)Nc1ccccc1F. The molecule has 1 aliphatic rings. The molecule has 3 aromatic rings. The van der Waals surface area contributed by atoms with Crippen LogP contribution in [0.2, 0.25) is 10.0 Å². The van der Waals surface area contributed by atoms with Gasteiger partial charge in [-0.2, -0.15) is 0 Å². The highest BCUT2D eigenvalue weighted by Crippen LogP contribution is 2.37. The van der Waals surface area contributed by atoms with Crippen molar-refractivity contribution in [3.8, 4) is 0 Å². The van der Waals surface area contributed by atoms with Crippen molar-refractivity contribution in [2.45, 2.75) is 0 Å². The molecule has 30 heavy (non-hydrogen) atoms. The van der Waals surface area contributed by atoms with Crippen molar-refractivity contribution in [2.75, 3.05) is 38.0 Å². The zero-order valence-corrected chi connectivity index (χ0v) is 18.2. The summed E-state index contributed by atoms with van der Waals surface area (Å²) in [6.45, 7) is 2.20. The Morgan fingerprint density at radius 3 is 2.53 bits per heavy atom. The van der Waals surface area contributed by atoms with Gasteiger partial charge in [-0.25, -0.2) is 4.39 Å². The number of fused-ring (bicyclic) bond motifs is 1. The van der Waals surface area contributed by atoms with E-state index >= 15 is 0 Å². The fraction of sp³-hybridized carbons (Fsp3) is 0.238. The molecular weight excluding hydrogens is 448 g/mol. The van der Waals surface area contributed by atoms with E-state index < -0.39 is 5.82 Å². The van der Waals surface area contributed by atoms with E-state index in [-0.39, 0.29) is 24.0 Å². The van der Waals surface area contributed by atoms with Gasteiger partial charge in [0, 0.05) is 41.3 Å². The first-order valence-corrected chi connectivity index (χ1v) is 10.9. The van der Waals surface area contributed by atoms with Crippen LogP contribution in [0.5, 0.6) is 0 Å². The van der Waals surface area contributed by atoms with E-state index in [9.17, 15) is 14.0 Å². The maximum absolute atomic E-state index is 13.7. The van der Waals surface area contributed by atoms with E-state index in [1.165, 1.54) is 23.5 Å². The molecule has 0 radical (unpaired) electrons. The van der Waals surface area contributed by atoms with Gasteiger partial charge in [0.1, 0.15) is 10.7 Å². The number of amides is 2. The summed E-state index contributed by atoms with van der Waals surface area (Å²) in [7, 11) is 0. The minimum atomic E-state index is -0.470. The quantitative estimate of drug-likeness (QED) is 0.604. The van der Waals surface area contributed by atoms with Crippen molar-refractivity contribution in [2.24, 2.45) is 0 Å².